The maximum absolute atomic E-state index is 4.34. The SMILES string of the molecule is CC1(S)C=CCC=C1. The molecular weight excluding hydrogens is 116 g/mol. The van der Waals surface area contributed by atoms with Crippen LogP contribution in [0.1, 0.15) is 13.3 Å². The number of rotatable bonds is 0. The molecule has 0 aromatic carbocycles. The number of hydrogen-bond acceptors (Lipinski definition) is 1. The maximum atomic E-state index is 4.34. The van der Waals surface area contributed by atoms with Gasteiger partial charge in [0.05, 0.1) is 0 Å². The Kier molecular flexibility index (Phi) is 1.47. The predicted molar refractivity (Wildman–Crippen MR) is 40.3 cm³/mol. The van der Waals surface area contributed by atoms with Crippen LogP contribution >= 0.6 is 12.6 Å². The van der Waals surface area contributed by atoms with Gasteiger partial charge in [0, 0.05) is 4.75 Å². The summed E-state index contributed by atoms with van der Waals surface area (Å²) in [6.45, 7) is 2.07. The van der Waals surface area contributed by atoms with Crippen LogP contribution in [0.5, 0.6) is 0 Å². The van der Waals surface area contributed by atoms with Crippen molar-refractivity contribution in [2.24, 2.45) is 0 Å². The molecule has 0 aromatic heterocycles. The third-order valence-electron chi connectivity index (χ3n) is 1.18. The molecule has 0 heterocycles. The van der Waals surface area contributed by atoms with Crippen LogP contribution in [0.25, 0.3) is 0 Å². The van der Waals surface area contributed by atoms with E-state index in [0.717, 1.165) is 6.42 Å². The van der Waals surface area contributed by atoms with Crippen molar-refractivity contribution in [1.82, 2.24) is 0 Å². The predicted octanol–water partition coefficient (Wildman–Crippen LogP) is 2.19. The first-order valence-corrected chi connectivity index (χ1v) is 3.23. The minimum absolute atomic E-state index is 0.0122. The standard InChI is InChI=1S/C7H10S/c1-7(8)5-3-2-4-6-7/h3-6,8H,2H2,1H3. The van der Waals surface area contributed by atoms with Crippen molar-refractivity contribution in [3.05, 3.63) is 24.3 Å². The van der Waals surface area contributed by atoms with Crippen molar-refractivity contribution in [2.75, 3.05) is 0 Å². The van der Waals surface area contributed by atoms with Crippen LogP contribution < -0.4 is 0 Å². The molecule has 0 spiro atoms. The fraction of sp³-hybridized carbons (Fsp3) is 0.429. The van der Waals surface area contributed by atoms with Gasteiger partial charge in [0.2, 0.25) is 0 Å². The van der Waals surface area contributed by atoms with Crippen LogP contribution in [0, 0.1) is 0 Å². The summed E-state index contributed by atoms with van der Waals surface area (Å²) in [5, 5.41) is 0. The Morgan fingerprint density at radius 3 is 2.12 bits per heavy atom. The van der Waals surface area contributed by atoms with Crippen molar-refractivity contribution in [3.8, 4) is 0 Å². The molecule has 0 radical (unpaired) electrons. The molecule has 0 amide bonds. The minimum atomic E-state index is 0.0122. The molecule has 0 saturated heterocycles. The molecule has 44 valence electrons. The van der Waals surface area contributed by atoms with Gasteiger partial charge in [-0.3, -0.25) is 0 Å². The molecule has 1 aliphatic carbocycles. The lowest BCUT2D eigenvalue weighted by Gasteiger charge is -2.15. The fourth-order valence-corrected chi connectivity index (χ4v) is 0.958. The average molecular weight is 126 g/mol. The largest absolute Gasteiger partial charge is 0.164 e. The highest BCUT2D eigenvalue weighted by Gasteiger charge is 2.10. The van der Waals surface area contributed by atoms with E-state index < -0.39 is 0 Å². The second-order valence-corrected chi connectivity index (χ2v) is 3.23. The molecule has 1 rings (SSSR count). The Bertz CT molecular complexity index is 117. The normalized spacial score (nSPS) is 23.8. The van der Waals surface area contributed by atoms with Crippen molar-refractivity contribution < 1.29 is 0 Å². The van der Waals surface area contributed by atoms with Crippen molar-refractivity contribution in [2.45, 2.75) is 18.1 Å². The van der Waals surface area contributed by atoms with E-state index in [0.29, 0.717) is 0 Å². The summed E-state index contributed by atoms with van der Waals surface area (Å²) in [5.74, 6) is 0. The zero-order valence-electron chi connectivity index (χ0n) is 4.96. The third-order valence-corrected chi connectivity index (χ3v) is 1.48. The van der Waals surface area contributed by atoms with Gasteiger partial charge in [-0.05, 0) is 13.3 Å². The maximum Gasteiger partial charge on any atom is 0.0460 e. The van der Waals surface area contributed by atoms with E-state index in [1.54, 1.807) is 0 Å². The average Bonchev–Trinajstić information content (AvgIpc) is 1.65. The van der Waals surface area contributed by atoms with Crippen LogP contribution in [0.4, 0.5) is 0 Å². The van der Waals surface area contributed by atoms with E-state index in [9.17, 15) is 0 Å². The van der Waals surface area contributed by atoms with Gasteiger partial charge in [-0.2, -0.15) is 12.6 Å². The first-order chi connectivity index (χ1) is 3.71. The first kappa shape index (κ1) is 5.96. The molecule has 0 saturated carbocycles. The first-order valence-electron chi connectivity index (χ1n) is 2.78. The van der Waals surface area contributed by atoms with Gasteiger partial charge < -0.3 is 0 Å². The van der Waals surface area contributed by atoms with Crippen LogP contribution in [-0.2, 0) is 0 Å². The lowest BCUT2D eigenvalue weighted by atomic mass is 10.1. The van der Waals surface area contributed by atoms with Gasteiger partial charge in [0.25, 0.3) is 0 Å². The van der Waals surface area contributed by atoms with Gasteiger partial charge in [-0.1, -0.05) is 24.3 Å². The highest BCUT2D eigenvalue weighted by molar-refractivity contribution is 7.82. The van der Waals surface area contributed by atoms with E-state index in [1.807, 2.05) is 0 Å². The van der Waals surface area contributed by atoms with Gasteiger partial charge in [-0.25, -0.2) is 0 Å². The highest BCUT2D eigenvalue weighted by Crippen LogP contribution is 2.20. The second-order valence-electron chi connectivity index (χ2n) is 2.27. The van der Waals surface area contributed by atoms with Crippen molar-refractivity contribution in [1.29, 1.82) is 0 Å². The van der Waals surface area contributed by atoms with Crippen LogP contribution in [-0.4, -0.2) is 4.75 Å². The monoisotopic (exact) mass is 126 g/mol. The summed E-state index contributed by atoms with van der Waals surface area (Å²) in [6.07, 6.45) is 9.54. The van der Waals surface area contributed by atoms with Crippen molar-refractivity contribution >= 4 is 12.6 Å². The number of thiol groups is 1. The second kappa shape index (κ2) is 1.98. The zero-order chi connectivity index (χ0) is 6.04. The Labute approximate surface area is 55.7 Å². The lowest BCUT2D eigenvalue weighted by molar-refractivity contribution is 0.982. The topological polar surface area (TPSA) is 0 Å². The molecular formula is C7H10S. The van der Waals surface area contributed by atoms with Crippen LogP contribution in [0.2, 0.25) is 0 Å². The molecule has 1 heteroatoms. The molecule has 8 heavy (non-hydrogen) atoms. The quantitative estimate of drug-likeness (QED) is 0.373. The molecule has 0 fully saturated rings. The summed E-state index contributed by atoms with van der Waals surface area (Å²) in [4.78, 5) is 0. The van der Waals surface area contributed by atoms with E-state index in [-0.39, 0.29) is 4.75 Å². The highest BCUT2D eigenvalue weighted by atomic mass is 32.1. The smallest absolute Gasteiger partial charge is 0.0460 e. The fourth-order valence-electron chi connectivity index (χ4n) is 0.747. The third kappa shape index (κ3) is 1.41. The van der Waals surface area contributed by atoms with Crippen LogP contribution in [0.3, 0.4) is 0 Å². The summed E-state index contributed by atoms with van der Waals surface area (Å²) < 4.78 is 0.0122. The number of allylic oxidation sites excluding steroid dienone is 2. The molecule has 0 atom stereocenters. The van der Waals surface area contributed by atoms with E-state index in [2.05, 4.69) is 43.9 Å². The van der Waals surface area contributed by atoms with E-state index in [4.69, 9.17) is 0 Å². The van der Waals surface area contributed by atoms with Crippen LogP contribution in [0.15, 0.2) is 24.3 Å². The molecule has 0 aliphatic heterocycles. The molecule has 1 aliphatic rings. The Balaban J connectivity index is 2.69. The van der Waals surface area contributed by atoms with Gasteiger partial charge in [-0.15, -0.1) is 0 Å². The van der Waals surface area contributed by atoms with Gasteiger partial charge in [0.15, 0.2) is 0 Å². The summed E-state index contributed by atoms with van der Waals surface area (Å²) in [7, 11) is 0. The summed E-state index contributed by atoms with van der Waals surface area (Å²) in [5.41, 5.74) is 0. The molecule has 0 aromatic rings. The van der Waals surface area contributed by atoms with E-state index >= 15 is 0 Å². The summed E-state index contributed by atoms with van der Waals surface area (Å²) >= 11 is 4.34. The molecule has 0 nitrogen and oxygen atoms in total. The molecule has 0 unspecified atom stereocenters. The minimum Gasteiger partial charge on any atom is -0.164 e. The van der Waals surface area contributed by atoms with Gasteiger partial charge in [0.1, 0.15) is 0 Å². The van der Waals surface area contributed by atoms with E-state index in [1.165, 1.54) is 0 Å². The summed E-state index contributed by atoms with van der Waals surface area (Å²) in [6, 6.07) is 0. The Hall–Kier alpha value is -0.170. The zero-order valence-corrected chi connectivity index (χ0v) is 5.86. The molecule has 0 N–H and O–H groups in total. The van der Waals surface area contributed by atoms with Gasteiger partial charge >= 0.3 is 0 Å². The molecule has 0 bridgehead atoms. The number of hydrogen-bond donors (Lipinski definition) is 1. The Morgan fingerprint density at radius 2 is 1.88 bits per heavy atom. The Morgan fingerprint density at radius 1 is 1.38 bits per heavy atom. The lowest BCUT2D eigenvalue weighted by Crippen LogP contribution is -2.09. The van der Waals surface area contributed by atoms with Crippen molar-refractivity contribution in [3.63, 3.8) is 0 Å².